The average molecular weight is 166 g/mol. The van der Waals surface area contributed by atoms with E-state index in [1.807, 2.05) is 0 Å². The van der Waals surface area contributed by atoms with Crippen molar-refractivity contribution in [2.75, 3.05) is 0 Å². The van der Waals surface area contributed by atoms with Gasteiger partial charge in [-0.3, -0.25) is 0 Å². The molecule has 12 heavy (non-hydrogen) atoms. The molecule has 0 rings (SSSR count). The van der Waals surface area contributed by atoms with E-state index in [0.29, 0.717) is 10.8 Å². The van der Waals surface area contributed by atoms with Gasteiger partial charge in [0.25, 0.3) is 0 Å². The molecule has 0 aromatic rings. The minimum atomic E-state index is 0.294. The van der Waals surface area contributed by atoms with Crippen LogP contribution < -0.4 is 0 Å². The molecule has 70 valence electrons. The smallest absolute Gasteiger partial charge is 0.0200 e. The molecule has 0 aliphatic rings. The summed E-state index contributed by atoms with van der Waals surface area (Å²) >= 11 is 0. The zero-order chi connectivity index (χ0) is 9.83. The monoisotopic (exact) mass is 166 g/mol. The van der Waals surface area contributed by atoms with Crippen LogP contribution in [0.1, 0.15) is 41.5 Å². The van der Waals surface area contributed by atoms with Gasteiger partial charge in [0.05, 0.1) is 0 Å². The van der Waals surface area contributed by atoms with Gasteiger partial charge in [-0.15, -0.1) is 0 Å². The van der Waals surface area contributed by atoms with Gasteiger partial charge in [-0.05, 0) is 10.8 Å². The Kier molecular flexibility index (Phi) is 3.76. The fourth-order valence-corrected chi connectivity index (χ4v) is 0.688. The average Bonchev–Trinajstić information content (AvgIpc) is 1.76. The molecule has 0 aliphatic heterocycles. The normalized spacial score (nSPS) is 14.8. The van der Waals surface area contributed by atoms with Gasteiger partial charge in [-0.1, -0.05) is 65.8 Å². The van der Waals surface area contributed by atoms with Crippen LogP contribution in [0.25, 0.3) is 0 Å². The lowest BCUT2D eigenvalue weighted by Gasteiger charge is -2.12. The first-order chi connectivity index (χ1) is 5.21. The van der Waals surface area contributed by atoms with Crippen LogP contribution in [-0.4, -0.2) is 0 Å². The lowest BCUT2D eigenvalue weighted by molar-refractivity contribution is 0.539. The first kappa shape index (κ1) is 11.5. The third-order valence-electron chi connectivity index (χ3n) is 1.30. The summed E-state index contributed by atoms with van der Waals surface area (Å²) in [5.41, 5.74) is 0.588. The van der Waals surface area contributed by atoms with E-state index in [2.05, 4.69) is 65.8 Å². The third kappa shape index (κ3) is 9.48. The maximum Gasteiger partial charge on any atom is -0.0200 e. The zero-order valence-corrected chi connectivity index (χ0v) is 9.31. The highest BCUT2D eigenvalue weighted by atomic mass is 14.1. The van der Waals surface area contributed by atoms with Crippen LogP contribution in [-0.2, 0) is 0 Å². The molecule has 0 radical (unpaired) electrons. The Bertz CT molecular complexity index is 147. The largest absolute Gasteiger partial charge is 0.0791 e. The lowest BCUT2D eigenvalue weighted by Crippen LogP contribution is -1.99. The molecule has 0 amide bonds. The molecular formula is C12H22. The highest BCUT2D eigenvalue weighted by Crippen LogP contribution is 2.16. The van der Waals surface area contributed by atoms with Crippen LogP contribution in [0.15, 0.2) is 24.3 Å². The molecule has 0 bridgehead atoms. The number of hydrogen-bond donors (Lipinski definition) is 0. The van der Waals surface area contributed by atoms with Crippen LogP contribution in [0.5, 0.6) is 0 Å². The van der Waals surface area contributed by atoms with Crippen molar-refractivity contribution in [1.82, 2.24) is 0 Å². The molecule has 0 N–H and O–H groups in total. The van der Waals surface area contributed by atoms with Crippen molar-refractivity contribution in [3.8, 4) is 0 Å². The van der Waals surface area contributed by atoms with E-state index in [0.717, 1.165) is 0 Å². The summed E-state index contributed by atoms with van der Waals surface area (Å²) in [5.74, 6) is 0. The van der Waals surface area contributed by atoms with Gasteiger partial charge in [0.1, 0.15) is 0 Å². The topological polar surface area (TPSA) is 0 Å². The molecular weight excluding hydrogens is 144 g/mol. The molecule has 0 fully saturated rings. The molecule has 0 saturated carbocycles. The zero-order valence-electron chi connectivity index (χ0n) is 9.31. The predicted molar refractivity (Wildman–Crippen MR) is 57.2 cm³/mol. The summed E-state index contributed by atoms with van der Waals surface area (Å²) in [6.07, 6.45) is 8.70. The van der Waals surface area contributed by atoms with Gasteiger partial charge in [0.15, 0.2) is 0 Å². The van der Waals surface area contributed by atoms with Crippen molar-refractivity contribution in [3.63, 3.8) is 0 Å². The SMILES string of the molecule is CC(C)(C)C=C/C=C/C(C)(C)C. The molecule has 0 heterocycles. The van der Waals surface area contributed by atoms with Crippen molar-refractivity contribution in [1.29, 1.82) is 0 Å². The number of hydrogen-bond acceptors (Lipinski definition) is 0. The molecule has 0 spiro atoms. The van der Waals surface area contributed by atoms with Gasteiger partial charge < -0.3 is 0 Å². The Morgan fingerprint density at radius 1 is 0.583 bits per heavy atom. The Labute approximate surface area is 77.4 Å². The van der Waals surface area contributed by atoms with E-state index >= 15 is 0 Å². The molecule has 0 unspecified atom stereocenters. The summed E-state index contributed by atoms with van der Waals surface area (Å²) in [6, 6.07) is 0. The molecule has 0 saturated heterocycles. The Morgan fingerprint density at radius 2 is 0.833 bits per heavy atom. The Balaban J connectivity index is 4.00. The second kappa shape index (κ2) is 3.93. The van der Waals surface area contributed by atoms with Crippen LogP contribution >= 0.6 is 0 Å². The van der Waals surface area contributed by atoms with E-state index < -0.39 is 0 Å². The summed E-state index contributed by atoms with van der Waals surface area (Å²) in [7, 11) is 0. The standard InChI is InChI=1S/C12H22/c1-11(2,3)9-7-8-10-12(4,5)6/h7-10H,1-6H3/b9-7+,10-8?. The lowest BCUT2D eigenvalue weighted by atomic mass is 9.94. The summed E-state index contributed by atoms with van der Waals surface area (Å²) in [4.78, 5) is 0. The van der Waals surface area contributed by atoms with E-state index in [1.54, 1.807) is 0 Å². The minimum absolute atomic E-state index is 0.294. The third-order valence-corrected chi connectivity index (χ3v) is 1.30. The summed E-state index contributed by atoms with van der Waals surface area (Å²) in [5, 5.41) is 0. The van der Waals surface area contributed by atoms with Crippen molar-refractivity contribution in [3.05, 3.63) is 24.3 Å². The van der Waals surface area contributed by atoms with Gasteiger partial charge in [0.2, 0.25) is 0 Å². The first-order valence-corrected chi connectivity index (χ1v) is 4.58. The minimum Gasteiger partial charge on any atom is -0.0791 e. The van der Waals surface area contributed by atoms with Crippen molar-refractivity contribution >= 4 is 0 Å². The second-order valence-corrected chi connectivity index (χ2v) is 5.45. The van der Waals surface area contributed by atoms with Gasteiger partial charge in [-0.25, -0.2) is 0 Å². The molecule has 0 aliphatic carbocycles. The summed E-state index contributed by atoms with van der Waals surface area (Å²) < 4.78 is 0. The molecule has 0 nitrogen and oxygen atoms in total. The quantitative estimate of drug-likeness (QED) is 0.512. The highest BCUT2D eigenvalue weighted by molar-refractivity contribution is 5.08. The van der Waals surface area contributed by atoms with E-state index in [-0.39, 0.29) is 0 Å². The number of allylic oxidation sites excluding steroid dienone is 4. The predicted octanol–water partition coefficient (Wildman–Crippen LogP) is 4.19. The van der Waals surface area contributed by atoms with Crippen molar-refractivity contribution < 1.29 is 0 Å². The molecule has 0 aromatic carbocycles. The first-order valence-electron chi connectivity index (χ1n) is 4.58. The highest BCUT2D eigenvalue weighted by Gasteiger charge is 2.03. The Morgan fingerprint density at radius 3 is 1.00 bits per heavy atom. The van der Waals surface area contributed by atoms with Gasteiger partial charge in [0, 0.05) is 0 Å². The fourth-order valence-electron chi connectivity index (χ4n) is 0.688. The van der Waals surface area contributed by atoms with Crippen LogP contribution in [0.4, 0.5) is 0 Å². The maximum absolute atomic E-state index is 2.22. The van der Waals surface area contributed by atoms with Crippen LogP contribution in [0.2, 0.25) is 0 Å². The Hall–Kier alpha value is -0.520. The molecule has 0 aromatic heterocycles. The van der Waals surface area contributed by atoms with Crippen molar-refractivity contribution in [2.45, 2.75) is 41.5 Å². The maximum atomic E-state index is 2.22. The van der Waals surface area contributed by atoms with Gasteiger partial charge in [-0.2, -0.15) is 0 Å². The second-order valence-electron chi connectivity index (χ2n) is 5.45. The van der Waals surface area contributed by atoms with E-state index in [1.165, 1.54) is 0 Å². The van der Waals surface area contributed by atoms with E-state index in [4.69, 9.17) is 0 Å². The number of rotatable bonds is 1. The van der Waals surface area contributed by atoms with Gasteiger partial charge >= 0.3 is 0 Å². The fraction of sp³-hybridized carbons (Fsp3) is 0.667. The summed E-state index contributed by atoms with van der Waals surface area (Å²) in [6.45, 7) is 13.2. The van der Waals surface area contributed by atoms with Crippen LogP contribution in [0.3, 0.4) is 0 Å². The van der Waals surface area contributed by atoms with Crippen molar-refractivity contribution in [2.24, 2.45) is 10.8 Å². The van der Waals surface area contributed by atoms with Crippen LogP contribution in [0, 0.1) is 10.8 Å². The molecule has 0 heteroatoms. The molecule has 0 atom stereocenters. The van der Waals surface area contributed by atoms with E-state index in [9.17, 15) is 0 Å².